The van der Waals surface area contributed by atoms with Crippen molar-refractivity contribution in [3.8, 4) is 23.0 Å². The van der Waals surface area contributed by atoms with Crippen molar-refractivity contribution in [1.29, 1.82) is 0 Å². The molecule has 0 bridgehead atoms. The molecule has 0 N–H and O–H groups in total. The maximum Gasteiger partial charge on any atom is 0.223 e. The first kappa shape index (κ1) is 20.5. The van der Waals surface area contributed by atoms with E-state index in [1.165, 1.54) is 0 Å². The zero-order chi connectivity index (χ0) is 20.9. The molecule has 0 saturated heterocycles. The van der Waals surface area contributed by atoms with E-state index in [1.807, 2.05) is 0 Å². The van der Waals surface area contributed by atoms with E-state index in [4.69, 9.17) is 27.9 Å². The van der Waals surface area contributed by atoms with Crippen molar-refractivity contribution >= 4 is 34.0 Å². The summed E-state index contributed by atoms with van der Waals surface area (Å²) in [5, 5.41) is 1.21. The van der Waals surface area contributed by atoms with Crippen molar-refractivity contribution in [2.75, 3.05) is 0 Å². The molecule has 0 spiro atoms. The van der Waals surface area contributed by atoms with Gasteiger partial charge < -0.3 is 4.74 Å². The molecule has 0 saturated carbocycles. The summed E-state index contributed by atoms with van der Waals surface area (Å²) >= 11 is 11.9. The Morgan fingerprint density at radius 1 is 0.833 bits per heavy atom. The molecule has 4 aromatic rings. The molecular formula is C22H15Cl2N3O2S. The predicted octanol–water partition coefficient (Wildman–Crippen LogP) is 5.95. The number of halogens is 2. The van der Waals surface area contributed by atoms with Gasteiger partial charge in [0.05, 0.1) is 22.2 Å². The first-order chi connectivity index (χ1) is 14.6. The average molecular weight is 456 g/mol. The standard InChI is InChI=1S/C22H15Cl2N3O2S/c23-16-1-5-19(6-2-16)29-21-13-18(14-30(28)20-7-3-17(24)4-8-20)26-22(27-21)15-9-11-25-12-10-15/h1-13H,14H2/t30-/m0/s1. The molecule has 150 valence electrons. The molecule has 4 rings (SSSR count). The van der Waals surface area contributed by atoms with E-state index in [2.05, 4.69) is 15.0 Å². The van der Waals surface area contributed by atoms with Gasteiger partial charge in [0, 0.05) is 39.0 Å². The number of aromatic nitrogens is 3. The number of hydrogen-bond donors (Lipinski definition) is 0. The fraction of sp³-hybridized carbons (Fsp3) is 0.0455. The van der Waals surface area contributed by atoms with E-state index in [0.29, 0.717) is 38.1 Å². The van der Waals surface area contributed by atoms with Gasteiger partial charge in [-0.25, -0.2) is 4.98 Å². The van der Waals surface area contributed by atoms with E-state index in [-0.39, 0.29) is 5.75 Å². The maximum absolute atomic E-state index is 12.8. The average Bonchev–Trinajstić information content (AvgIpc) is 2.76. The van der Waals surface area contributed by atoms with E-state index in [9.17, 15) is 4.21 Å². The summed E-state index contributed by atoms with van der Waals surface area (Å²) < 4.78 is 18.7. The third kappa shape index (κ3) is 5.21. The van der Waals surface area contributed by atoms with Crippen molar-refractivity contribution in [2.45, 2.75) is 10.6 Å². The van der Waals surface area contributed by atoms with Gasteiger partial charge >= 0.3 is 0 Å². The molecule has 5 nitrogen and oxygen atoms in total. The SMILES string of the molecule is O=[S@@](Cc1cc(Oc2ccc(Cl)cc2)nc(-c2ccncc2)n1)c1ccc(Cl)cc1. The number of ether oxygens (including phenoxy) is 1. The zero-order valence-corrected chi connectivity index (χ0v) is 17.9. The van der Waals surface area contributed by atoms with E-state index < -0.39 is 10.8 Å². The molecule has 0 aliphatic heterocycles. The molecule has 0 aliphatic carbocycles. The lowest BCUT2D eigenvalue weighted by molar-refractivity contribution is 0.461. The van der Waals surface area contributed by atoms with Crippen LogP contribution < -0.4 is 4.74 Å². The van der Waals surface area contributed by atoms with Gasteiger partial charge in [0.15, 0.2) is 5.82 Å². The normalized spacial score (nSPS) is 11.8. The Bertz CT molecular complexity index is 1170. The fourth-order valence-electron chi connectivity index (χ4n) is 2.66. The van der Waals surface area contributed by atoms with Gasteiger partial charge in [-0.1, -0.05) is 23.2 Å². The van der Waals surface area contributed by atoms with Gasteiger partial charge in [0.2, 0.25) is 5.88 Å². The molecule has 0 radical (unpaired) electrons. The Hall–Kier alpha value is -2.80. The second-order valence-electron chi connectivity index (χ2n) is 6.26. The van der Waals surface area contributed by atoms with Crippen molar-refractivity contribution in [3.05, 3.63) is 94.9 Å². The Balaban J connectivity index is 1.67. The molecule has 0 fully saturated rings. The van der Waals surface area contributed by atoms with Crippen LogP contribution in [0.25, 0.3) is 11.4 Å². The summed E-state index contributed by atoms with van der Waals surface area (Å²) in [6.07, 6.45) is 3.33. The molecule has 0 amide bonds. The van der Waals surface area contributed by atoms with E-state index >= 15 is 0 Å². The highest BCUT2D eigenvalue weighted by molar-refractivity contribution is 7.84. The van der Waals surface area contributed by atoms with Crippen LogP contribution in [-0.2, 0) is 16.6 Å². The largest absolute Gasteiger partial charge is 0.439 e. The lowest BCUT2D eigenvalue weighted by atomic mass is 10.2. The number of pyridine rings is 1. The van der Waals surface area contributed by atoms with Gasteiger partial charge in [-0.05, 0) is 60.7 Å². The molecule has 1 atom stereocenters. The minimum absolute atomic E-state index is 0.208. The van der Waals surface area contributed by atoms with Gasteiger partial charge in [-0.3, -0.25) is 9.19 Å². The van der Waals surface area contributed by atoms with Crippen LogP contribution in [0.5, 0.6) is 11.6 Å². The van der Waals surface area contributed by atoms with Gasteiger partial charge in [0.25, 0.3) is 0 Å². The van der Waals surface area contributed by atoms with Crippen molar-refractivity contribution in [1.82, 2.24) is 15.0 Å². The summed E-state index contributed by atoms with van der Waals surface area (Å²) in [5.74, 6) is 1.61. The number of rotatable bonds is 6. The van der Waals surface area contributed by atoms with E-state index in [0.717, 1.165) is 5.56 Å². The van der Waals surface area contributed by atoms with Crippen molar-refractivity contribution in [3.63, 3.8) is 0 Å². The lowest BCUT2D eigenvalue weighted by Crippen LogP contribution is -2.03. The number of hydrogen-bond acceptors (Lipinski definition) is 5. The smallest absolute Gasteiger partial charge is 0.223 e. The third-order valence-corrected chi connectivity index (χ3v) is 5.95. The summed E-state index contributed by atoms with van der Waals surface area (Å²) in [5.41, 5.74) is 1.37. The number of benzene rings is 2. The Morgan fingerprint density at radius 2 is 1.47 bits per heavy atom. The molecule has 2 heterocycles. The number of nitrogens with zero attached hydrogens (tertiary/aromatic N) is 3. The Morgan fingerprint density at radius 3 is 2.13 bits per heavy atom. The summed E-state index contributed by atoms with van der Waals surface area (Å²) in [6, 6.07) is 19.2. The van der Waals surface area contributed by atoms with Crippen LogP contribution >= 0.6 is 23.2 Å². The molecule has 0 unspecified atom stereocenters. The quantitative estimate of drug-likeness (QED) is 0.359. The third-order valence-electron chi connectivity index (χ3n) is 4.09. The summed E-state index contributed by atoms with van der Waals surface area (Å²) in [6.45, 7) is 0. The van der Waals surface area contributed by atoms with Crippen LogP contribution in [0.1, 0.15) is 5.69 Å². The Kier molecular flexibility index (Phi) is 6.38. The first-order valence-corrected chi connectivity index (χ1v) is 11.0. The molecule has 2 aromatic heterocycles. The van der Waals surface area contributed by atoms with Gasteiger partial charge in [-0.2, -0.15) is 4.98 Å². The van der Waals surface area contributed by atoms with Crippen molar-refractivity contribution in [2.24, 2.45) is 0 Å². The highest BCUT2D eigenvalue weighted by atomic mass is 35.5. The monoisotopic (exact) mass is 455 g/mol. The maximum atomic E-state index is 12.8. The second-order valence-corrected chi connectivity index (χ2v) is 8.58. The van der Waals surface area contributed by atoms with Crippen LogP contribution in [0, 0.1) is 0 Å². The molecule has 2 aromatic carbocycles. The first-order valence-electron chi connectivity index (χ1n) is 8.92. The van der Waals surface area contributed by atoms with Gasteiger partial charge in [-0.15, -0.1) is 0 Å². The van der Waals surface area contributed by atoms with Crippen LogP contribution in [0.4, 0.5) is 0 Å². The molecular weight excluding hydrogens is 441 g/mol. The predicted molar refractivity (Wildman–Crippen MR) is 118 cm³/mol. The van der Waals surface area contributed by atoms with Crippen LogP contribution in [-0.4, -0.2) is 19.2 Å². The molecule has 30 heavy (non-hydrogen) atoms. The minimum atomic E-state index is -1.30. The summed E-state index contributed by atoms with van der Waals surface area (Å²) in [7, 11) is -1.30. The summed E-state index contributed by atoms with van der Waals surface area (Å²) in [4.78, 5) is 13.8. The zero-order valence-electron chi connectivity index (χ0n) is 15.5. The lowest BCUT2D eigenvalue weighted by Gasteiger charge is -2.10. The molecule has 0 aliphatic rings. The minimum Gasteiger partial charge on any atom is -0.439 e. The highest BCUT2D eigenvalue weighted by Gasteiger charge is 2.13. The topological polar surface area (TPSA) is 65.0 Å². The van der Waals surface area contributed by atoms with Crippen LogP contribution in [0.2, 0.25) is 10.0 Å². The van der Waals surface area contributed by atoms with Crippen LogP contribution in [0.15, 0.2) is 84.0 Å². The fourth-order valence-corrected chi connectivity index (χ4v) is 3.93. The highest BCUT2D eigenvalue weighted by Crippen LogP contribution is 2.26. The van der Waals surface area contributed by atoms with Crippen molar-refractivity contribution < 1.29 is 8.95 Å². The molecule has 8 heteroatoms. The second kappa shape index (κ2) is 9.34. The van der Waals surface area contributed by atoms with Gasteiger partial charge in [0.1, 0.15) is 5.75 Å². The Labute approximate surface area is 186 Å². The van der Waals surface area contributed by atoms with E-state index in [1.54, 1.807) is 79.1 Å². The van der Waals surface area contributed by atoms with Crippen LogP contribution in [0.3, 0.4) is 0 Å².